The third-order valence-electron chi connectivity index (χ3n) is 1.80. The SMILES string of the molecule is Cc1cccc(I)c1C=C(C#N)C#N. The molecule has 0 aliphatic heterocycles. The molecule has 0 atom stereocenters. The number of nitrogens with zero attached hydrogens (tertiary/aromatic N) is 2. The molecule has 0 radical (unpaired) electrons. The number of halogens is 1. The van der Waals surface area contributed by atoms with Crippen molar-refractivity contribution in [3.8, 4) is 12.1 Å². The van der Waals surface area contributed by atoms with Gasteiger partial charge in [-0.2, -0.15) is 10.5 Å². The average Bonchev–Trinajstić information content (AvgIpc) is 2.18. The molecule has 0 heterocycles. The molecule has 0 aliphatic rings. The molecule has 0 saturated carbocycles. The van der Waals surface area contributed by atoms with Crippen LogP contribution in [-0.2, 0) is 0 Å². The summed E-state index contributed by atoms with van der Waals surface area (Å²) in [5, 5.41) is 17.3. The van der Waals surface area contributed by atoms with Gasteiger partial charge in [-0.25, -0.2) is 0 Å². The van der Waals surface area contributed by atoms with E-state index in [1.165, 1.54) is 0 Å². The van der Waals surface area contributed by atoms with Crippen molar-refractivity contribution in [2.75, 3.05) is 0 Å². The second-order valence-corrected chi connectivity index (χ2v) is 3.91. The molecule has 0 bridgehead atoms. The summed E-state index contributed by atoms with van der Waals surface area (Å²) in [5.74, 6) is 0. The van der Waals surface area contributed by atoms with E-state index < -0.39 is 0 Å². The van der Waals surface area contributed by atoms with E-state index in [0.29, 0.717) is 0 Å². The van der Waals surface area contributed by atoms with Crippen LogP contribution < -0.4 is 0 Å². The van der Waals surface area contributed by atoms with Gasteiger partial charge in [0.1, 0.15) is 17.7 Å². The Balaban J connectivity index is 3.30. The Morgan fingerprint density at radius 2 is 2.00 bits per heavy atom. The van der Waals surface area contributed by atoms with Crippen LogP contribution in [0.25, 0.3) is 6.08 Å². The number of hydrogen-bond acceptors (Lipinski definition) is 2. The lowest BCUT2D eigenvalue weighted by molar-refractivity contribution is 1.41. The average molecular weight is 294 g/mol. The van der Waals surface area contributed by atoms with Crippen LogP contribution in [0.4, 0.5) is 0 Å². The van der Waals surface area contributed by atoms with Gasteiger partial charge in [0.2, 0.25) is 0 Å². The third kappa shape index (κ3) is 2.34. The van der Waals surface area contributed by atoms with Gasteiger partial charge in [0, 0.05) is 3.57 Å². The van der Waals surface area contributed by atoms with Crippen LogP contribution in [0.2, 0.25) is 0 Å². The Hall–Kier alpha value is -1.33. The Bertz CT molecular complexity index is 425. The van der Waals surface area contributed by atoms with Gasteiger partial charge < -0.3 is 0 Å². The molecule has 0 aliphatic carbocycles. The Labute approximate surface area is 96.6 Å². The minimum absolute atomic E-state index is 0.136. The van der Waals surface area contributed by atoms with Crippen molar-refractivity contribution >= 4 is 28.7 Å². The van der Waals surface area contributed by atoms with Gasteiger partial charge in [-0.3, -0.25) is 0 Å². The van der Waals surface area contributed by atoms with Crippen LogP contribution in [0.15, 0.2) is 23.8 Å². The summed E-state index contributed by atoms with van der Waals surface area (Å²) in [5.41, 5.74) is 2.16. The molecule has 0 aromatic heterocycles. The maximum Gasteiger partial charge on any atom is 0.130 e. The van der Waals surface area contributed by atoms with E-state index in [4.69, 9.17) is 10.5 Å². The minimum atomic E-state index is 0.136. The van der Waals surface area contributed by atoms with Gasteiger partial charge in [0.25, 0.3) is 0 Å². The minimum Gasteiger partial charge on any atom is -0.192 e. The van der Waals surface area contributed by atoms with Gasteiger partial charge in [0.05, 0.1) is 0 Å². The highest BCUT2D eigenvalue weighted by Crippen LogP contribution is 2.19. The highest BCUT2D eigenvalue weighted by Gasteiger charge is 2.01. The van der Waals surface area contributed by atoms with Crippen molar-refractivity contribution in [2.45, 2.75) is 6.92 Å². The Morgan fingerprint density at radius 1 is 1.36 bits per heavy atom. The van der Waals surface area contributed by atoms with Crippen LogP contribution in [0.1, 0.15) is 11.1 Å². The van der Waals surface area contributed by atoms with Crippen LogP contribution in [-0.4, -0.2) is 0 Å². The highest BCUT2D eigenvalue weighted by molar-refractivity contribution is 14.1. The first kappa shape index (κ1) is 10.7. The molecule has 0 N–H and O–H groups in total. The predicted molar refractivity (Wildman–Crippen MR) is 63.1 cm³/mol. The molecule has 1 aromatic rings. The topological polar surface area (TPSA) is 47.6 Å². The second kappa shape index (κ2) is 4.78. The number of aryl methyl sites for hydroxylation is 1. The van der Waals surface area contributed by atoms with Crippen molar-refractivity contribution in [1.82, 2.24) is 0 Å². The number of benzene rings is 1. The fraction of sp³-hybridized carbons (Fsp3) is 0.0909. The number of nitriles is 2. The van der Waals surface area contributed by atoms with E-state index in [0.717, 1.165) is 14.7 Å². The molecular weight excluding hydrogens is 287 g/mol. The van der Waals surface area contributed by atoms with Crippen LogP contribution in [0.3, 0.4) is 0 Å². The largest absolute Gasteiger partial charge is 0.192 e. The standard InChI is InChI=1S/C11H7IN2/c1-8-3-2-4-11(12)10(8)5-9(6-13)7-14/h2-5H,1H3. The molecular formula is C11H7IN2. The monoisotopic (exact) mass is 294 g/mol. The normalized spacial score (nSPS) is 8.57. The van der Waals surface area contributed by atoms with Gasteiger partial charge in [-0.05, 0) is 52.8 Å². The van der Waals surface area contributed by atoms with E-state index in [1.54, 1.807) is 6.08 Å². The summed E-state index contributed by atoms with van der Waals surface area (Å²) in [7, 11) is 0. The first-order valence-corrected chi connectivity index (χ1v) is 5.04. The highest BCUT2D eigenvalue weighted by atomic mass is 127. The quantitative estimate of drug-likeness (QED) is 0.590. The zero-order chi connectivity index (χ0) is 10.6. The fourth-order valence-corrected chi connectivity index (χ4v) is 1.85. The molecule has 0 saturated heterocycles. The summed E-state index contributed by atoms with van der Waals surface area (Å²) in [6.07, 6.45) is 1.62. The molecule has 1 rings (SSSR count). The van der Waals surface area contributed by atoms with E-state index >= 15 is 0 Å². The molecule has 68 valence electrons. The zero-order valence-electron chi connectivity index (χ0n) is 7.58. The van der Waals surface area contributed by atoms with Crippen molar-refractivity contribution in [1.29, 1.82) is 10.5 Å². The lowest BCUT2D eigenvalue weighted by atomic mass is 10.1. The maximum absolute atomic E-state index is 8.63. The zero-order valence-corrected chi connectivity index (χ0v) is 9.74. The Morgan fingerprint density at radius 3 is 2.50 bits per heavy atom. The molecule has 0 fully saturated rings. The lowest BCUT2D eigenvalue weighted by Gasteiger charge is -2.02. The molecule has 3 heteroatoms. The van der Waals surface area contributed by atoms with Crippen LogP contribution in [0, 0.1) is 33.2 Å². The summed E-state index contributed by atoms with van der Waals surface area (Å²) >= 11 is 2.19. The maximum atomic E-state index is 8.63. The summed E-state index contributed by atoms with van der Waals surface area (Å²) < 4.78 is 1.05. The predicted octanol–water partition coefficient (Wildman–Crippen LogP) is 3.03. The first-order valence-electron chi connectivity index (χ1n) is 3.96. The molecule has 1 aromatic carbocycles. The van der Waals surface area contributed by atoms with Crippen LogP contribution >= 0.6 is 22.6 Å². The van der Waals surface area contributed by atoms with E-state index in [1.807, 2.05) is 37.3 Å². The van der Waals surface area contributed by atoms with E-state index in [-0.39, 0.29) is 5.57 Å². The van der Waals surface area contributed by atoms with Crippen molar-refractivity contribution < 1.29 is 0 Å². The molecule has 14 heavy (non-hydrogen) atoms. The van der Waals surface area contributed by atoms with Gasteiger partial charge >= 0.3 is 0 Å². The number of rotatable bonds is 1. The summed E-state index contributed by atoms with van der Waals surface area (Å²) in [6.45, 7) is 1.96. The first-order chi connectivity index (χ1) is 6.69. The smallest absolute Gasteiger partial charge is 0.130 e. The molecule has 0 unspecified atom stereocenters. The van der Waals surface area contributed by atoms with E-state index in [9.17, 15) is 0 Å². The van der Waals surface area contributed by atoms with Crippen molar-refractivity contribution in [2.24, 2.45) is 0 Å². The molecule has 0 spiro atoms. The fourth-order valence-electron chi connectivity index (χ4n) is 1.06. The van der Waals surface area contributed by atoms with Gasteiger partial charge in [-0.15, -0.1) is 0 Å². The third-order valence-corrected chi connectivity index (χ3v) is 2.74. The van der Waals surface area contributed by atoms with Gasteiger partial charge in [-0.1, -0.05) is 12.1 Å². The van der Waals surface area contributed by atoms with Gasteiger partial charge in [0.15, 0.2) is 0 Å². The Kier molecular flexibility index (Phi) is 3.67. The number of allylic oxidation sites excluding steroid dienone is 1. The summed E-state index contributed by atoms with van der Waals surface area (Å²) in [4.78, 5) is 0. The molecule has 2 nitrogen and oxygen atoms in total. The van der Waals surface area contributed by atoms with Crippen molar-refractivity contribution in [3.05, 3.63) is 38.5 Å². The number of hydrogen-bond donors (Lipinski definition) is 0. The lowest BCUT2D eigenvalue weighted by Crippen LogP contribution is -1.86. The van der Waals surface area contributed by atoms with Crippen molar-refractivity contribution in [3.63, 3.8) is 0 Å². The second-order valence-electron chi connectivity index (χ2n) is 2.75. The molecule has 0 amide bonds. The summed E-state index contributed by atoms with van der Waals surface area (Å²) in [6, 6.07) is 9.56. The van der Waals surface area contributed by atoms with E-state index in [2.05, 4.69) is 22.6 Å². The van der Waals surface area contributed by atoms with Crippen LogP contribution in [0.5, 0.6) is 0 Å².